The Hall–Kier alpha value is -1.26. The van der Waals surface area contributed by atoms with E-state index in [1.54, 1.807) is 11.8 Å². The molecule has 0 radical (unpaired) electrons. The molecule has 1 atom stereocenters. The predicted octanol–water partition coefficient (Wildman–Crippen LogP) is 1.93. The van der Waals surface area contributed by atoms with Crippen LogP contribution >= 0.6 is 0 Å². The summed E-state index contributed by atoms with van der Waals surface area (Å²) in [6.45, 7) is 8.86. The van der Waals surface area contributed by atoms with E-state index in [0.29, 0.717) is 19.5 Å². The minimum Gasteiger partial charge on any atom is -0.481 e. The van der Waals surface area contributed by atoms with Gasteiger partial charge < -0.3 is 15.3 Å². The highest BCUT2D eigenvalue weighted by Crippen LogP contribution is 2.19. The van der Waals surface area contributed by atoms with Crippen molar-refractivity contribution < 1.29 is 14.7 Å². The maximum absolute atomic E-state index is 11.8. The van der Waals surface area contributed by atoms with Crippen LogP contribution in [0.1, 0.15) is 40.5 Å². The molecular formula is C12H24N2O3. The summed E-state index contributed by atoms with van der Waals surface area (Å²) in [5, 5.41) is 11.8. The Morgan fingerprint density at radius 1 is 1.29 bits per heavy atom. The fraction of sp³-hybridized carbons (Fsp3) is 0.833. The fourth-order valence-electron chi connectivity index (χ4n) is 1.41. The number of hydrogen-bond donors (Lipinski definition) is 2. The fourth-order valence-corrected chi connectivity index (χ4v) is 1.41. The average molecular weight is 244 g/mol. The molecule has 0 saturated carbocycles. The second-order valence-electron chi connectivity index (χ2n) is 4.46. The lowest BCUT2D eigenvalue weighted by Crippen LogP contribution is -2.46. The molecule has 0 fully saturated rings. The first-order valence-electron chi connectivity index (χ1n) is 6.17. The van der Waals surface area contributed by atoms with E-state index in [1.165, 1.54) is 0 Å². The molecule has 0 aliphatic rings. The number of amides is 2. The molecule has 0 aliphatic heterocycles. The molecule has 0 rings (SSSR count). The molecule has 5 nitrogen and oxygen atoms in total. The van der Waals surface area contributed by atoms with E-state index in [1.807, 2.05) is 20.8 Å². The number of carbonyl (C=O) groups excluding carboxylic acids is 1. The third-order valence-electron chi connectivity index (χ3n) is 3.09. The van der Waals surface area contributed by atoms with Crippen LogP contribution in [0, 0.1) is 5.41 Å². The Labute approximate surface area is 103 Å². The number of carbonyl (C=O) groups is 2. The molecule has 0 aromatic carbocycles. The van der Waals surface area contributed by atoms with Crippen molar-refractivity contribution in [3.63, 3.8) is 0 Å². The Bertz CT molecular complexity index is 268. The molecule has 0 heterocycles. The number of aliphatic carboxylic acids is 1. The lowest BCUT2D eigenvalue weighted by atomic mass is 9.88. The summed E-state index contributed by atoms with van der Waals surface area (Å²) in [5.74, 6) is -0.876. The van der Waals surface area contributed by atoms with Gasteiger partial charge in [0.15, 0.2) is 0 Å². The van der Waals surface area contributed by atoms with Crippen molar-refractivity contribution >= 4 is 12.0 Å². The van der Waals surface area contributed by atoms with Gasteiger partial charge in [0.25, 0.3) is 0 Å². The van der Waals surface area contributed by atoms with Gasteiger partial charge in [-0.25, -0.2) is 4.79 Å². The zero-order valence-electron chi connectivity index (χ0n) is 11.2. The number of urea groups is 1. The van der Waals surface area contributed by atoms with E-state index in [-0.39, 0.29) is 12.6 Å². The summed E-state index contributed by atoms with van der Waals surface area (Å²) in [4.78, 5) is 24.5. The zero-order valence-corrected chi connectivity index (χ0v) is 11.2. The van der Waals surface area contributed by atoms with Crippen molar-refractivity contribution in [2.75, 3.05) is 19.6 Å². The van der Waals surface area contributed by atoms with E-state index in [2.05, 4.69) is 5.32 Å². The average Bonchev–Trinajstić information content (AvgIpc) is 2.32. The van der Waals surface area contributed by atoms with Gasteiger partial charge in [-0.05, 0) is 26.7 Å². The van der Waals surface area contributed by atoms with Gasteiger partial charge in [-0.15, -0.1) is 0 Å². The van der Waals surface area contributed by atoms with Crippen LogP contribution < -0.4 is 5.32 Å². The first kappa shape index (κ1) is 15.7. The van der Waals surface area contributed by atoms with Crippen LogP contribution in [-0.4, -0.2) is 41.6 Å². The van der Waals surface area contributed by atoms with Gasteiger partial charge >= 0.3 is 12.0 Å². The minimum atomic E-state index is -0.888. The number of rotatable bonds is 7. The maximum Gasteiger partial charge on any atom is 0.317 e. The molecule has 0 aromatic rings. The van der Waals surface area contributed by atoms with Crippen molar-refractivity contribution in [2.45, 2.75) is 40.5 Å². The summed E-state index contributed by atoms with van der Waals surface area (Å²) < 4.78 is 0. The van der Waals surface area contributed by atoms with Crippen LogP contribution in [0.15, 0.2) is 0 Å². The van der Waals surface area contributed by atoms with Crippen molar-refractivity contribution in [1.29, 1.82) is 0 Å². The molecule has 2 N–H and O–H groups in total. The monoisotopic (exact) mass is 244 g/mol. The van der Waals surface area contributed by atoms with Crippen LogP contribution in [0.25, 0.3) is 0 Å². The zero-order chi connectivity index (χ0) is 13.5. The number of carboxylic acid groups (broad SMARTS) is 1. The molecule has 0 saturated heterocycles. The minimum absolute atomic E-state index is 0.165. The third-order valence-corrected chi connectivity index (χ3v) is 3.09. The number of hydrogen-bond acceptors (Lipinski definition) is 2. The Kier molecular flexibility index (Phi) is 6.61. The molecule has 0 aromatic heterocycles. The highest BCUT2D eigenvalue weighted by atomic mass is 16.4. The maximum atomic E-state index is 11.8. The van der Waals surface area contributed by atoms with Crippen LogP contribution in [0.5, 0.6) is 0 Å². The van der Waals surface area contributed by atoms with Gasteiger partial charge in [0.1, 0.15) is 0 Å². The van der Waals surface area contributed by atoms with Gasteiger partial charge in [-0.2, -0.15) is 0 Å². The summed E-state index contributed by atoms with van der Waals surface area (Å²) >= 11 is 0. The van der Waals surface area contributed by atoms with Crippen molar-refractivity contribution in [2.24, 2.45) is 5.41 Å². The van der Waals surface area contributed by atoms with E-state index >= 15 is 0 Å². The van der Waals surface area contributed by atoms with Crippen LogP contribution in [0.2, 0.25) is 0 Å². The molecule has 0 aliphatic carbocycles. The molecule has 5 heteroatoms. The van der Waals surface area contributed by atoms with Crippen molar-refractivity contribution in [3.05, 3.63) is 0 Å². The lowest BCUT2D eigenvalue weighted by molar-refractivity contribution is -0.147. The second-order valence-corrected chi connectivity index (χ2v) is 4.46. The normalized spacial score (nSPS) is 13.9. The molecule has 100 valence electrons. The third kappa shape index (κ3) is 4.63. The summed E-state index contributed by atoms with van der Waals surface area (Å²) in [7, 11) is 0. The quantitative estimate of drug-likeness (QED) is 0.719. The lowest BCUT2D eigenvalue weighted by Gasteiger charge is -2.26. The van der Waals surface area contributed by atoms with Gasteiger partial charge in [0, 0.05) is 19.6 Å². The number of nitrogens with one attached hydrogen (secondary N) is 1. The SMILES string of the molecule is CCCN(CC)C(=O)NCC(C)(CC)C(=O)O. The molecule has 0 spiro atoms. The molecule has 2 amide bonds. The van der Waals surface area contributed by atoms with E-state index < -0.39 is 11.4 Å². The topological polar surface area (TPSA) is 69.6 Å². The number of nitrogens with zero attached hydrogens (tertiary/aromatic N) is 1. The summed E-state index contributed by atoms with van der Waals surface area (Å²) in [5.41, 5.74) is -0.888. The van der Waals surface area contributed by atoms with E-state index in [0.717, 1.165) is 6.42 Å². The molecule has 17 heavy (non-hydrogen) atoms. The van der Waals surface area contributed by atoms with Crippen molar-refractivity contribution in [3.8, 4) is 0 Å². The van der Waals surface area contributed by atoms with E-state index in [4.69, 9.17) is 5.11 Å². The molecule has 1 unspecified atom stereocenters. The Morgan fingerprint density at radius 2 is 1.88 bits per heavy atom. The second kappa shape index (κ2) is 7.14. The predicted molar refractivity (Wildman–Crippen MR) is 67.0 cm³/mol. The number of carboxylic acids is 1. The van der Waals surface area contributed by atoms with Crippen LogP contribution in [-0.2, 0) is 4.79 Å². The standard InChI is InChI=1S/C12H24N2O3/c1-5-8-14(7-3)11(17)13-9-12(4,6-2)10(15)16/h5-9H2,1-4H3,(H,13,17)(H,15,16). The van der Waals surface area contributed by atoms with E-state index in [9.17, 15) is 9.59 Å². The van der Waals surface area contributed by atoms with Crippen molar-refractivity contribution in [1.82, 2.24) is 10.2 Å². The highest BCUT2D eigenvalue weighted by Gasteiger charge is 2.31. The smallest absolute Gasteiger partial charge is 0.317 e. The Morgan fingerprint density at radius 3 is 2.24 bits per heavy atom. The van der Waals surface area contributed by atoms with Gasteiger partial charge in [-0.1, -0.05) is 13.8 Å². The first-order valence-corrected chi connectivity index (χ1v) is 6.17. The largest absolute Gasteiger partial charge is 0.481 e. The molecular weight excluding hydrogens is 220 g/mol. The first-order chi connectivity index (χ1) is 7.91. The molecule has 0 bridgehead atoms. The highest BCUT2D eigenvalue weighted by molar-refractivity contribution is 5.77. The van der Waals surface area contributed by atoms with Gasteiger partial charge in [0.05, 0.1) is 5.41 Å². The summed E-state index contributed by atoms with van der Waals surface area (Å²) in [6.07, 6.45) is 1.38. The van der Waals surface area contributed by atoms with Crippen LogP contribution in [0.4, 0.5) is 4.79 Å². The van der Waals surface area contributed by atoms with Gasteiger partial charge in [0.2, 0.25) is 0 Å². The van der Waals surface area contributed by atoms with Gasteiger partial charge in [-0.3, -0.25) is 4.79 Å². The summed E-state index contributed by atoms with van der Waals surface area (Å²) in [6, 6.07) is -0.185. The Balaban J connectivity index is 4.35. The van der Waals surface area contributed by atoms with Crippen LogP contribution in [0.3, 0.4) is 0 Å².